The second-order valence-electron chi connectivity index (χ2n) is 3.19. The number of hydrogen-bond acceptors (Lipinski definition) is 4. The molecule has 0 rings (SSSR count). The topological polar surface area (TPSA) is 50.7 Å². The average molecular weight is 205 g/mol. The molecule has 0 radical (unpaired) electrons. The molecule has 0 aliphatic rings. The first kappa shape index (κ1) is 13.8. The van der Waals surface area contributed by atoms with Crippen LogP contribution in [0.25, 0.3) is 0 Å². The van der Waals surface area contributed by atoms with Crippen LogP contribution in [0.1, 0.15) is 19.8 Å². The molecule has 14 heavy (non-hydrogen) atoms. The van der Waals surface area contributed by atoms with Crippen molar-refractivity contribution in [1.29, 1.82) is 0 Å². The monoisotopic (exact) mass is 205 g/mol. The van der Waals surface area contributed by atoms with Gasteiger partial charge in [-0.3, -0.25) is 0 Å². The zero-order valence-corrected chi connectivity index (χ0v) is 9.29. The molecular formula is C10H23NO3. The molecule has 0 bridgehead atoms. The highest BCUT2D eigenvalue weighted by atomic mass is 16.5. The number of nitrogens with one attached hydrogen (secondary N) is 1. The van der Waals surface area contributed by atoms with E-state index in [1.165, 1.54) is 0 Å². The average Bonchev–Trinajstić information content (AvgIpc) is 2.21. The molecule has 0 spiro atoms. The summed E-state index contributed by atoms with van der Waals surface area (Å²) in [7, 11) is 1.87. The van der Waals surface area contributed by atoms with Crippen LogP contribution in [0.4, 0.5) is 0 Å². The molecule has 0 aromatic carbocycles. The van der Waals surface area contributed by atoms with E-state index in [1.54, 1.807) is 0 Å². The van der Waals surface area contributed by atoms with Crippen molar-refractivity contribution in [3.8, 4) is 0 Å². The summed E-state index contributed by atoms with van der Waals surface area (Å²) in [5.41, 5.74) is 0. The van der Waals surface area contributed by atoms with E-state index in [0.29, 0.717) is 19.8 Å². The summed E-state index contributed by atoms with van der Waals surface area (Å²) < 4.78 is 10.7. The van der Waals surface area contributed by atoms with E-state index in [2.05, 4.69) is 12.2 Å². The molecule has 0 heterocycles. The Morgan fingerprint density at radius 3 is 2.50 bits per heavy atom. The zero-order valence-electron chi connectivity index (χ0n) is 9.29. The van der Waals surface area contributed by atoms with Crippen LogP contribution in [0.2, 0.25) is 0 Å². The molecular weight excluding hydrogens is 182 g/mol. The summed E-state index contributed by atoms with van der Waals surface area (Å²) in [5, 5.41) is 11.8. The lowest BCUT2D eigenvalue weighted by molar-refractivity contribution is 0.0374. The first-order valence-corrected chi connectivity index (χ1v) is 5.28. The fraction of sp³-hybridized carbons (Fsp3) is 1.00. The Morgan fingerprint density at radius 1 is 1.21 bits per heavy atom. The number of aliphatic hydroxyl groups is 1. The van der Waals surface area contributed by atoms with Crippen LogP contribution in [-0.4, -0.2) is 51.2 Å². The van der Waals surface area contributed by atoms with Crippen LogP contribution in [0.15, 0.2) is 0 Å². The lowest BCUT2D eigenvalue weighted by atomic mass is 10.2. The number of ether oxygens (including phenoxy) is 2. The SMILES string of the molecule is CCCOCCOCC(CCO)NC. The second kappa shape index (κ2) is 10.9. The maximum Gasteiger partial charge on any atom is 0.0701 e. The van der Waals surface area contributed by atoms with Crippen molar-refractivity contribution in [1.82, 2.24) is 5.32 Å². The summed E-state index contributed by atoms with van der Waals surface area (Å²) in [6.07, 6.45) is 1.77. The maximum absolute atomic E-state index is 8.72. The molecule has 0 saturated carbocycles. The third kappa shape index (κ3) is 8.44. The minimum absolute atomic E-state index is 0.196. The third-order valence-electron chi connectivity index (χ3n) is 1.93. The van der Waals surface area contributed by atoms with Gasteiger partial charge in [0, 0.05) is 19.3 Å². The first-order valence-electron chi connectivity index (χ1n) is 5.28. The van der Waals surface area contributed by atoms with Crippen molar-refractivity contribution in [2.45, 2.75) is 25.8 Å². The van der Waals surface area contributed by atoms with Gasteiger partial charge < -0.3 is 19.9 Å². The molecule has 4 heteroatoms. The van der Waals surface area contributed by atoms with Gasteiger partial charge in [0.05, 0.1) is 19.8 Å². The van der Waals surface area contributed by atoms with Crippen LogP contribution in [0.3, 0.4) is 0 Å². The van der Waals surface area contributed by atoms with Crippen LogP contribution in [0, 0.1) is 0 Å². The number of rotatable bonds is 10. The van der Waals surface area contributed by atoms with Crippen molar-refractivity contribution < 1.29 is 14.6 Å². The zero-order chi connectivity index (χ0) is 10.6. The quantitative estimate of drug-likeness (QED) is 0.507. The predicted octanol–water partition coefficient (Wildman–Crippen LogP) is 0.400. The van der Waals surface area contributed by atoms with Gasteiger partial charge in [-0.05, 0) is 19.9 Å². The smallest absolute Gasteiger partial charge is 0.0701 e. The van der Waals surface area contributed by atoms with Gasteiger partial charge in [-0.15, -0.1) is 0 Å². The minimum atomic E-state index is 0.196. The third-order valence-corrected chi connectivity index (χ3v) is 1.93. The molecule has 0 fully saturated rings. The number of aliphatic hydroxyl groups excluding tert-OH is 1. The van der Waals surface area contributed by atoms with E-state index < -0.39 is 0 Å². The lowest BCUT2D eigenvalue weighted by Gasteiger charge is -2.14. The largest absolute Gasteiger partial charge is 0.396 e. The van der Waals surface area contributed by atoms with Gasteiger partial charge in [0.2, 0.25) is 0 Å². The Morgan fingerprint density at radius 2 is 1.93 bits per heavy atom. The molecule has 0 saturated heterocycles. The highest BCUT2D eigenvalue weighted by Crippen LogP contribution is 1.91. The van der Waals surface area contributed by atoms with Crippen molar-refractivity contribution in [2.24, 2.45) is 0 Å². The summed E-state index contributed by atoms with van der Waals surface area (Å²) >= 11 is 0. The van der Waals surface area contributed by atoms with Gasteiger partial charge in [-0.1, -0.05) is 6.92 Å². The molecule has 1 unspecified atom stereocenters. The molecule has 86 valence electrons. The first-order chi connectivity index (χ1) is 6.85. The summed E-state index contributed by atoms with van der Waals surface area (Å²) in [6.45, 7) is 5.00. The van der Waals surface area contributed by atoms with Gasteiger partial charge >= 0.3 is 0 Å². The molecule has 4 nitrogen and oxygen atoms in total. The Bertz CT molecular complexity index is 112. The van der Waals surface area contributed by atoms with Crippen LogP contribution in [-0.2, 0) is 9.47 Å². The molecule has 0 aromatic heterocycles. The fourth-order valence-corrected chi connectivity index (χ4v) is 1.06. The molecule has 0 aromatic rings. The maximum atomic E-state index is 8.72. The van der Waals surface area contributed by atoms with Crippen LogP contribution in [0.5, 0.6) is 0 Å². The summed E-state index contributed by atoms with van der Waals surface area (Å²) in [6, 6.07) is 0.242. The summed E-state index contributed by atoms with van der Waals surface area (Å²) in [5.74, 6) is 0. The standard InChI is InChI=1S/C10H23NO3/c1-3-6-13-7-8-14-9-10(11-2)4-5-12/h10-12H,3-9H2,1-2H3. The Labute approximate surface area is 86.6 Å². The Hall–Kier alpha value is -0.160. The van der Waals surface area contributed by atoms with E-state index >= 15 is 0 Å². The predicted molar refractivity (Wildman–Crippen MR) is 56.5 cm³/mol. The van der Waals surface area contributed by atoms with E-state index in [9.17, 15) is 0 Å². The van der Waals surface area contributed by atoms with Crippen molar-refractivity contribution in [3.63, 3.8) is 0 Å². The van der Waals surface area contributed by atoms with E-state index in [-0.39, 0.29) is 12.6 Å². The molecule has 2 N–H and O–H groups in total. The minimum Gasteiger partial charge on any atom is -0.396 e. The highest BCUT2D eigenvalue weighted by molar-refractivity contribution is 4.61. The van der Waals surface area contributed by atoms with Crippen molar-refractivity contribution >= 4 is 0 Å². The Balaban J connectivity index is 3.15. The van der Waals surface area contributed by atoms with Crippen molar-refractivity contribution in [3.05, 3.63) is 0 Å². The van der Waals surface area contributed by atoms with E-state index in [4.69, 9.17) is 14.6 Å². The molecule has 0 aliphatic heterocycles. The van der Waals surface area contributed by atoms with Crippen LogP contribution >= 0.6 is 0 Å². The van der Waals surface area contributed by atoms with Crippen molar-refractivity contribution in [2.75, 3.05) is 40.1 Å². The highest BCUT2D eigenvalue weighted by Gasteiger charge is 2.04. The van der Waals surface area contributed by atoms with Gasteiger partial charge in [0.15, 0.2) is 0 Å². The molecule has 0 aliphatic carbocycles. The van der Waals surface area contributed by atoms with Gasteiger partial charge in [0.25, 0.3) is 0 Å². The van der Waals surface area contributed by atoms with Gasteiger partial charge in [-0.25, -0.2) is 0 Å². The molecule has 0 amide bonds. The lowest BCUT2D eigenvalue weighted by Crippen LogP contribution is -2.31. The van der Waals surface area contributed by atoms with E-state index in [1.807, 2.05) is 7.05 Å². The Kier molecular flexibility index (Phi) is 10.8. The summed E-state index contributed by atoms with van der Waals surface area (Å²) in [4.78, 5) is 0. The van der Waals surface area contributed by atoms with Gasteiger partial charge in [0.1, 0.15) is 0 Å². The van der Waals surface area contributed by atoms with Gasteiger partial charge in [-0.2, -0.15) is 0 Å². The number of hydrogen-bond donors (Lipinski definition) is 2. The second-order valence-corrected chi connectivity index (χ2v) is 3.19. The molecule has 1 atom stereocenters. The fourth-order valence-electron chi connectivity index (χ4n) is 1.06. The normalized spacial score (nSPS) is 13.1. The van der Waals surface area contributed by atoms with Crippen LogP contribution < -0.4 is 5.32 Å². The number of likely N-dealkylation sites (N-methyl/N-ethyl adjacent to an activating group) is 1. The van der Waals surface area contributed by atoms with E-state index in [0.717, 1.165) is 19.4 Å².